The van der Waals surface area contributed by atoms with Crippen LogP contribution in [0.4, 0.5) is 5.69 Å². The summed E-state index contributed by atoms with van der Waals surface area (Å²) in [5, 5.41) is 14.7. The average Bonchev–Trinajstić information content (AvgIpc) is 2.92. The molecule has 0 aliphatic rings. The molecule has 0 radical (unpaired) electrons. The van der Waals surface area contributed by atoms with Crippen molar-refractivity contribution in [2.24, 2.45) is 0 Å². The zero-order valence-electron chi connectivity index (χ0n) is 12.2. The molecule has 0 atom stereocenters. The molecule has 0 saturated carbocycles. The molecule has 1 aromatic heterocycles. The van der Waals surface area contributed by atoms with Gasteiger partial charge in [0.2, 0.25) is 0 Å². The van der Waals surface area contributed by atoms with Gasteiger partial charge in [-0.1, -0.05) is 17.3 Å². The number of carbonyl (C=O) groups is 1. The van der Waals surface area contributed by atoms with Gasteiger partial charge in [-0.3, -0.25) is 10.1 Å². The first-order valence-corrected chi connectivity index (χ1v) is 8.26. The van der Waals surface area contributed by atoms with Gasteiger partial charge in [-0.15, -0.1) is 0 Å². The summed E-state index contributed by atoms with van der Waals surface area (Å²) in [6.45, 7) is 1.57. The van der Waals surface area contributed by atoms with Crippen LogP contribution in [0.15, 0.2) is 33.7 Å². The number of benzene rings is 1. The highest BCUT2D eigenvalue weighted by atomic mass is 32.2. The lowest BCUT2D eigenvalue weighted by molar-refractivity contribution is -0.384. The van der Waals surface area contributed by atoms with Gasteiger partial charge in [0.25, 0.3) is 0 Å². The molecule has 2 aromatic rings. The van der Waals surface area contributed by atoms with Gasteiger partial charge in [0.05, 0.1) is 16.4 Å². The number of ether oxygens (including phenoxy) is 1. The predicted molar refractivity (Wildman–Crippen MR) is 77.7 cm³/mol. The number of carbonyl (C=O) groups excluding carboxylic acids is 1. The molecule has 0 fully saturated rings. The summed E-state index contributed by atoms with van der Waals surface area (Å²) in [7, 11) is -3.40. The van der Waals surface area contributed by atoms with Gasteiger partial charge in [0.15, 0.2) is 15.5 Å². The summed E-state index contributed by atoms with van der Waals surface area (Å²) >= 11 is 0. The fraction of sp³-hybridized carbons (Fsp3) is 0.231. The van der Waals surface area contributed by atoms with Crippen LogP contribution < -0.4 is 0 Å². The molecule has 23 heavy (non-hydrogen) atoms. The van der Waals surface area contributed by atoms with Crippen molar-refractivity contribution in [1.82, 2.24) is 5.16 Å². The van der Waals surface area contributed by atoms with E-state index in [-0.39, 0.29) is 22.8 Å². The van der Waals surface area contributed by atoms with Crippen LogP contribution in [0.3, 0.4) is 0 Å². The Kier molecular flexibility index (Phi) is 4.45. The van der Waals surface area contributed by atoms with Crippen molar-refractivity contribution in [2.45, 2.75) is 11.8 Å². The van der Waals surface area contributed by atoms with Crippen LogP contribution >= 0.6 is 0 Å². The number of esters is 1. The third-order valence-corrected chi connectivity index (χ3v) is 4.00. The molecule has 0 saturated heterocycles. The smallest absolute Gasteiger partial charge is 0.384 e. The molecular formula is C13H12N2O7S. The second-order valence-corrected chi connectivity index (χ2v) is 6.50. The SMILES string of the molecule is CCOC(=O)c1onc(-c2ccc(S(C)(=O)=O)cc2)c1[N+](=O)[O-]. The average molecular weight is 340 g/mol. The van der Waals surface area contributed by atoms with E-state index >= 15 is 0 Å². The van der Waals surface area contributed by atoms with E-state index in [1.165, 1.54) is 24.3 Å². The first-order valence-electron chi connectivity index (χ1n) is 6.37. The largest absolute Gasteiger partial charge is 0.460 e. The minimum Gasteiger partial charge on any atom is -0.460 e. The van der Waals surface area contributed by atoms with Crippen LogP contribution in [-0.4, -0.2) is 37.3 Å². The molecule has 0 N–H and O–H groups in total. The highest BCUT2D eigenvalue weighted by Crippen LogP contribution is 2.33. The second kappa shape index (κ2) is 6.16. The van der Waals surface area contributed by atoms with Crippen molar-refractivity contribution in [3.05, 3.63) is 40.1 Å². The maximum atomic E-state index is 11.7. The van der Waals surface area contributed by atoms with E-state index in [0.29, 0.717) is 0 Å². The summed E-state index contributed by atoms with van der Waals surface area (Å²) in [6, 6.07) is 5.26. The number of nitro groups is 1. The molecule has 122 valence electrons. The lowest BCUT2D eigenvalue weighted by Gasteiger charge is -2.00. The fourth-order valence-corrected chi connectivity index (χ4v) is 2.47. The first-order chi connectivity index (χ1) is 10.8. The lowest BCUT2D eigenvalue weighted by Crippen LogP contribution is -2.06. The molecule has 0 spiro atoms. The van der Waals surface area contributed by atoms with Gasteiger partial charge in [-0.25, -0.2) is 13.2 Å². The second-order valence-electron chi connectivity index (χ2n) is 4.48. The molecule has 2 rings (SSSR count). The van der Waals surface area contributed by atoms with Crippen molar-refractivity contribution in [2.75, 3.05) is 12.9 Å². The van der Waals surface area contributed by atoms with E-state index < -0.39 is 32.2 Å². The number of nitrogens with zero attached hydrogens (tertiary/aromatic N) is 2. The molecule has 0 amide bonds. The Morgan fingerprint density at radius 1 is 1.35 bits per heavy atom. The van der Waals surface area contributed by atoms with Crippen LogP contribution in [0.25, 0.3) is 11.3 Å². The van der Waals surface area contributed by atoms with Gasteiger partial charge in [-0.05, 0) is 19.1 Å². The van der Waals surface area contributed by atoms with E-state index in [4.69, 9.17) is 4.52 Å². The van der Waals surface area contributed by atoms with Crippen LogP contribution in [0.5, 0.6) is 0 Å². The van der Waals surface area contributed by atoms with E-state index in [0.717, 1.165) is 6.26 Å². The Hall–Kier alpha value is -2.75. The Morgan fingerprint density at radius 3 is 2.43 bits per heavy atom. The number of aromatic nitrogens is 1. The van der Waals surface area contributed by atoms with Gasteiger partial charge in [-0.2, -0.15) is 0 Å². The molecule has 0 aliphatic carbocycles. The van der Waals surface area contributed by atoms with Gasteiger partial charge in [0, 0.05) is 11.8 Å². The standard InChI is InChI=1S/C13H12N2O7S/c1-3-21-13(16)12-11(15(17)18)10(14-22-12)8-4-6-9(7-5-8)23(2,19)20/h4-7H,3H2,1-2H3. The van der Waals surface area contributed by atoms with E-state index in [1.807, 2.05) is 0 Å². The third kappa shape index (κ3) is 3.37. The molecule has 10 heteroatoms. The quantitative estimate of drug-likeness (QED) is 0.458. The Balaban J connectivity index is 2.52. The zero-order chi connectivity index (χ0) is 17.2. The van der Waals surface area contributed by atoms with Crippen molar-refractivity contribution in [3.8, 4) is 11.3 Å². The summed E-state index contributed by atoms with van der Waals surface area (Å²) in [5.41, 5.74) is -0.572. The highest BCUT2D eigenvalue weighted by Gasteiger charge is 2.33. The lowest BCUT2D eigenvalue weighted by atomic mass is 10.1. The van der Waals surface area contributed by atoms with E-state index in [9.17, 15) is 23.3 Å². The molecular weight excluding hydrogens is 328 g/mol. The molecule has 0 bridgehead atoms. The molecule has 9 nitrogen and oxygen atoms in total. The normalized spacial score (nSPS) is 11.2. The van der Waals surface area contributed by atoms with Gasteiger partial charge >= 0.3 is 17.4 Å². The molecule has 1 heterocycles. The molecule has 0 aliphatic heterocycles. The number of hydrogen-bond acceptors (Lipinski definition) is 8. The maximum Gasteiger partial charge on any atom is 0.384 e. The van der Waals surface area contributed by atoms with Crippen molar-refractivity contribution < 1.29 is 27.4 Å². The van der Waals surface area contributed by atoms with Gasteiger partial charge in [0.1, 0.15) is 0 Å². The number of sulfone groups is 1. The van der Waals surface area contributed by atoms with Crippen LogP contribution in [0.1, 0.15) is 17.5 Å². The summed E-state index contributed by atoms with van der Waals surface area (Å²) in [6.07, 6.45) is 1.04. The first kappa shape index (κ1) is 16.6. The minimum atomic E-state index is -3.40. The highest BCUT2D eigenvalue weighted by molar-refractivity contribution is 7.90. The van der Waals surface area contributed by atoms with Crippen molar-refractivity contribution in [1.29, 1.82) is 0 Å². The van der Waals surface area contributed by atoms with Crippen LogP contribution in [0.2, 0.25) is 0 Å². The van der Waals surface area contributed by atoms with E-state index in [1.54, 1.807) is 6.92 Å². The van der Waals surface area contributed by atoms with Crippen LogP contribution in [-0.2, 0) is 14.6 Å². The number of hydrogen-bond donors (Lipinski definition) is 0. The topological polar surface area (TPSA) is 130 Å². The Morgan fingerprint density at radius 2 is 1.96 bits per heavy atom. The van der Waals surface area contributed by atoms with Crippen molar-refractivity contribution >= 4 is 21.5 Å². The monoisotopic (exact) mass is 340 g/mol. The predicted octanol–water partition coefficient (Wildman–Crippen LogP) is 1.83. The third-order valence-electron chi connectivity index (χ3n) is 2.87. The van der Waals surface area contributed by atoms with E-state index in [2.05, 4.69) is 9.89 Å². The fourth-order valence-electron chi connectivity index (χ4n) is 1.83. The number of rotatable bonds is 5. The summed E-state index contributed by atoms with van der Waals surface area (Å²) in [4.78, 5) is 22.1. The van der Waals surface area contributed by atoms with Crippen LogP contribution in [0, 0.1) is 10.1 Å². The molecule has 0 unspecified atom stereocenters. The van der Waals surface area contributed by atoms with Gasteiger partial charge < -0.3 is 9.26 Å². The maximum absolute atomic E-state index is 11.7. The summed E-state index contributed by atoms with van der Waals surface area (Å²) < 4.78 is 32.2. The Labute approximate surface area is 130 Å². The zero-order valence-corrected chi connectivity index (χ0v) is 13.0. The van der Waals surface area contributed by atoms with Crippen molar-refractivity contribution in [3.63, 3.8) is 0 Å². The minimum absolute atomic E-state index is 0.0229. The summed E-state index contributed by atoms with van der Waals surface area (Å²) in [5.74, 6) is -1.61. The Bertz CT molecular complexity index is 853. The molecule has 1 aromatic carbocycles.